The van der Waals surface area contributed by atoms with Crippen molar-refractivity contribution in [1.82, 2.24) is 15.0 Å². The predicted octanol–water partition coefficient (Wildman–Crippen LogP) is 0.981. The van der Waals surface area contributed by atoms with Gasteiger partial charge < -0.3 is 15.4 Å². The van der Waals surface area contributed by atoms with E-state index in [9.17, 15) is 0 Å². The minimum atomic E-state index is -0.345. The molecular weight excluding hydrogens is 218 g/mol. The Balaban J connectivity index is 2.02. The van der Waals surface area contributed by atoms with Crippen LogP contribution in [0, 0.1) is 0 Å². The van der Waals surface area contributed by atoms with E-state index in [2.05, 4.69) is 15.0 Å². The summed E-state index contributed by atoms with van der Waals surface area (Å²) in [5.74, 6) is 1.16. The molecule has 3 rings (SSSR count). The topological polar surface area (TPSA) is 77.2 Å². The van der Waals surface area contributed by atoms with E-state index in [0.29, 0.717) is 11.5 Å². The largest absolute Gasteiger partial charge is 0.462 e. The first-order chi connectivity index (χ1) is 8.27. The van der Waals surface area contributed by atoms with Gasteiger partial charge in [0.15, 0.2) is 5.82 Å². The third kappa shape index (κ3) is 1.45. The average Bonchev–Trinajstić information content (AvgIpc) is 2.68. The van der Waals surface area contributed by atoms with Crippen molar-refractivity contribution in [2.24, 2.45) is 0 Å². The lowest BCUT2D eigenvalue weighted by Gasteiger charge is -2.20. The van der Waals surface area contributed by atoms with Crippen LogP contribution in [0.25, 0.3) is 0 Å². The smallest absolute Gasteiger partial charge is 0.219 e. The number of hydrogen-bond acceptors (Lipinski definition) is 6. The number of ether oxygens (including phenoxy) is 1. The first-order valence-electron chi connectivity index (χ1n) is 5.17. The van der Waals surface area contributed by atoms with Gasteiger partial charge in [-0.2, -0.15) is 0 Å². The molecule has 0 saturated heterocycles. The van der Waals surface area contributed by atoms with Crippen LogP contribution >= 0.6 is 0 Å². The van der Waals surface area contributed by atoms with Crippen molar-refractivity contribution in [3.05, 3.63) is 36.5 Å². The average molecular weight is 229 g/mol. The molecule has 2 aromatic rings. The SMILES string of the molecule is CN1c2cnccc2OC1c1nccnc1N. The van der Waals surface area contributed by atoms with Crippen LogP contribution in [0.3, 0.4) is 0 Å². The monoisotopic (exact) mass is 229 g/mol. The third-order valence-electron chi connectivity index (χ3n) is 2.72. The summed E-state index contributed by atoms with van der Waals surface area (Å²) < 4.78 is 5.79. The van der Waals surface area contributed by atoms with Gasteiger partial charge in [-0.15, -0.1) is 0 Å². The molecule has 2 N–H and O–H groups in total. The zero-order chi connectivity index (χ0) is 11.8. The molecule has 0 saturated carbocycles. The quantitative estimate of drug-likeness (QED) is 0.785. The van der Waals surface area contributed by atoms with E-state index in [0.717, 1.165) is 11.4 Å². The second-order valence-corrected chi connectivity index (χ2v) is 3.75. The first kappa shape index (κ1) is 9.83. The van der Waals surface area contributed by atoms with Crippen LogP contribution in [0.5, 0.6) is 5.75 Å². The predicted molar refractivity (Wildman–Crippen MR) is 62.5 cm³/mol. The molecule has 1 unspecified atom stereocenters. The molecule has 6 heteroatoms. The zero-order valence-corrected chi connectivity index (χ0v) is 9.24. The Morgan fingerprint density at radius 3 is 2.88 bits per heavy atom. The van der Waals surface area contributed by atoms with E-state index in [4.69, 9.17) is 10.5 Å². The number of pyridine rings is 1. The minimum Gasteiger partial charge on any atom is -0.462 e. The summed E-state index contributed by atoms with van der Waals surface area (Å²) in [5.41, 5.74) is 7.34. The Morgan fingerprint density at radius 2 is 2.12 bits per heavy atom. The van der Waals surface area contributed by atoms with Crippen LogP contribution in [-0.4, -0.2) is 22.0 Å². The lowest BCUT2D eigenvalue weighted by Crippen LogP contribution is -2.24. The van der Waals surface area contributed by atoms with Crippen molar-refractivity contribution < 1.29 is 4.74 Å². The number of fused-ring (bicyclic) bond motifs is 1. The Labute approximate surface area is 98.1 Å². The van der Waals surface area contributed by atoms with Crippen LogP contribution < -0.4 is 15.4 Å². The van der Waals surface area contributed by atoms with Gasteiger partial charge in [0.2, 0.25) is 6.23 Å². The Kier molecular flexibility index (Phi) is 2.07. The third-order valence-corrected chi connectivity index (χ3v) is 2.72. The van der Waals surface area contributed by atoms with Crippen molar-refractivity contribution in [3.8, 4) is 5.75 Å². The number of anilines is 2. The fourth-order valence-electron chi connectivity index (χ4n) is 1.85. The van der Waals surface area contributed by atoms with Crippen LogP contribution in [-0.2, 0) is 0 Å². The van der Waals surface area contributed by atoms with Gasteiger partial charge in [-0.05, 0) is 0 Å². The highest BCUT2D eigenvalue weighted by Gasteiger charge is 2.32. The van der Waals surface area contributed by atoms with Gasteiger partial charge in [-0.1, -0.05) is 0 Å². The summed E-state index contributed by atoms with van der Waals surface area (Å²) in [6, 6.07) is 1.82. The highest BCUT2D eigenvalue weighted by molar-refractivity contribution is 5.61. The molecule has 0 fully saturated rings. The van der Waals surface area contributed by atoms with Crippen molar-refractivity contribution in [1.29, 1.82) is 0 Å². The summed E-state index contributed by atoms with van der Waals surface area (Å²) >= 11 is 0. The fraction of sp³-hybridized carbons (Fsp3) is 0.182. The molecule has 1 atom stereocenters. The second-order valence-electron chi connectivity index (χ2n) is 3.75. The van der Waals surface area contributed by atoms with Crippen molar-refractivity contribution in [2.75, 3.05) is 17.7 Å². The van der Waals surface area contributed by atoms with Gasteiger partial charge in [-0.3, -0.25) is 4.98 Å². The normalized spacial score (nSPS) is 17.7. The van der Waals surface area contributed by atoms with Crippen LogP contribution in [0.2, 0.25) is 0 Å². The maximum absolute atomic E-state index is 5.80. The summed E-state index contributed by atoms with van der Waals surface area (Å²) in [7, 11) is 1.91. The van der Waals surface area contributed by atoms with Crippen LogP contribution in [0.4, 0.5) is 11.5 Å². The summed E-state index contributed by atoms with van der Waals surface area (Å²) in [6.07, 6.45) is 6.26. The Morgan fingerprint density at radius 1 is 1.29 bits per heavy atom. The molecule has 0 radical (unpaired) electrons. The maximum Gasteiger partial charge on any atom is 0.219 e. The van der Waals surface area contributed by atoms with Crippen molar-refractivity contribution >= 4 is 11.5 Å². The van der Waals surface area contributed by atoms with E-state index in [1.807, 2.05) is 18.0 Å². The standard InChI is InChI=1S/C11H11N5O/c1-16-7-6-13-3-2-8(7)17-11(16)9-10(12)15-5-4-14-9/h2-6,11H,1H3,(H2,12,15). The van der Waals surface area contributed by atoms with E-state index in [1.165, 1.54) is 0 Å². The number of nitrogen functional groups attached to an aromatic ring is 1. The lowest BCUT2D eigenvalue weighted by atomic mass is 10.3. The molecule has 0 spiro atoms. The van der Waals surface area contributed by atoms with Crippen LogP contribution in [0.15, 0.2) is 30.9 Å². The molecule has 17 heavy (non-hydrogen) atoms. The molecule has 6 nitrogen and oxygen atoms in total. The van der Waals surface area contributed by atoms with Crippen molar-refractivity contribution in [3.63, 3.8) is 0 Å². The molecule has 2 aromatic heterocycles. The number of rotatable bonds is 1. The molecular formula is C11H11N5O. The molecule has 0 bridgehead atoms. The number of nitrogens with two attached hydrogens (primary N) is 1. The molecule has 86 valence electrons. The Hall–Kier alpha value is -2.37. The maximum atomic E-state index is 5.80. The van der Waals surface area contributed by atoms with Gasteiger partial charge in [-0.25, -0.2) is 9.97 Å². The number of nitrogens with zero attached hydrogens (tertiary/aromatic N) is 4. The molecule has 0 amide bonds. The van der Waals surface area contributed by atoms with E-state index < -0.39 is 0 Å². The Bertz CT molecular complexity index is 559. The van der Waals surface area contributed by atoms with Crippen molar-refractivity contribution in [2.45, 2.75) is 6.23 Å². The lowest BCUT2D eigenvalue weighted by molar-refractivity contribution is 0.230. The highest BCUT2D eigenvalue weighted by Crippen LogP contribution is 2.41. The number of hydrogen-bond donors (Lipinski definition) is 1. The summed E-state index contributed by atoms with van der Waals surface area (Å²) in [6.45, 7) is 0. The van der Waals surface area contributed by atoms with E-state index in [1.54, 1.807) is 24.8 Å². The van der Waals surface area contributed by atoms with E-state index >= 15 is 0 Å². The van der Waals surface area contributed by atoms with E-state index in [-0.39, 0.29) is 6.23 Å². The summed E-state index contributed by atoms with van der Waals surface area (Å²) in [4.78, 5) is 14.2. The van der Waals surface area contributed by atoms with Gasteiger partial charge in [0, 0.05) is 31.7 Å². The highest BCUT2D eigenvalue weighted by atomic mass is 16.5. The fourth-order valence-corrected chi connectivity index (χ4v) is 1.85. The zero-order valence-electron chi connectivity index (χ0n) is 9.24. The van der Waals surface area contributed by atoms with Crippen LogP contribution in [0.1, 0.15) is 11.9 Å². The second kappa shape index (κ2) is 3.58. The molecule has 0 aromatic carbocycles. The van der Waals surface area contributed by atoms with Gasteiger partial charge in [0.25, 0.3) is 0 Å². The van der Waals surface area contributed by atoms with Gasteiger partial charge in [0.05, 0.1) is 6.20 Å². The molecule has 1 aliphatic heterocycles. The molecule has 1 aliphatic rings. The number of aromatic nitrogens is 3. The van der Waals surface area contributed by atoms with Gasteiger partial charge >= 0.3 is 0 Å². The molecule has 0 aliphatic carbocycles. The van der Waals surface area contributed by atoms with Gasteiger partial charge in [0.1, 0.15) is 17.1 Å². The minimum absolute atomic E-state index is 0.345. The molecule has 3 heterocycles. The first-order valence-corrected chi connectivity index (χ1v) is 5.17. The summed E-state index contributed by atoms with van der Waals surface area (Å²) in [5, 5.41) is 0.